The van der Waals surface area contributed by atoms with Gasteiger partial charge in [-0.1, -0.05) is 34.1 Å². The number of fused-ring (bicyclic) bond motifs is 3. The van der Waals surface area contributed by atoms with Crippen molar-refractivity contribution in [1.29, 1.82) is 0 Å². The van der Waals surface area contributed by atoms with Crippen LogP contribution in [0.4, 0.5) is 0 Å². The van der Waals surface area contributed by atoms with Crippen molar-refractivity contribution in [2.45, 2.75) is 19.3 Å². The smallest absolute Gasteiger partial charge is 0.0684 e. The number of aromatic nitrogens is 2. The first-order valence-corrected chi connectivity index (χ1v) is 7.42. The van der Waals surface area contributed by atoms with Gasteiger partial charge in [-0.2, -0.15) is 0 Å². The molecule has 18 heavy (non-hydrogen) atoms. The van der Waals surface area contributed by atoms with E-state index in [1.54, 1.807) is 0 Å². The van der Waals surface area contributed by atoms with Crippen LogP contribution in [0.2, 0.25) is 0 Å². The first-order chi connectivity index (χ1) is 8.90. The second kappa shape index (κ2) is 5.11. The molecule has 0 unspecified atom stereocenters. The fourth-order valence-electron chi connectivity index (χ4n) is 2.41. The summed E-state index contributed by atoms with van der Waals surface area (Å²) in [5, 5.41) is 3.64. The van der Waals surface area contributed by atoms with Crippen LogP contribution in [0.1, 0.15) is 18.5 Å². The fraction of sp³-hybridized carbons (Fsp3) is 0.267. The van der Waals surface area contributed by atoms with Crippen LogP contribution in [-0.4, -0.2) is 15.3 Å². The topological polar surface area (TPSA) is 28.7 Å². The van der Waals surface area contributed by atoms with Crippen molar-refractivity contribution in [3.8, 4) is 0 Å². The molecule has 2 nitrogen and oxygen atoms in total. The Kier molecular flexibility index (Phi) is 3.33. The molecule has 0 radical (unpaired) electrons. The zero-order valence-corrected chi connectivity index (χ0v) is 11.7. The van der Waals surface area contributed by atoms with Gasteiger partial charge in [0.05, 0.1) is 11.2 Å². The zero-order chi connectivity index (χ0) is 12.4. The van der Waals surface area contributed by atoms with E-state index in [4.69, 9.17) is 0 Å². The Morgan fingerprint density at radius 3 is 2.83 bits per heavy atom. The molecule has 0 amide bonds. The molecule has 3 heteroatoms. The van der Waals surface area contributed by atoms with E-state index in [-0.39, 0.29) is 0 Å². The number of aromatic amines is 1. The number of pyridine rings is 1. The predicted molar refractivity (Wildman–Crippen MR) is 80.3 cm³/mol. The Morgan fingerprint density at radius 1 is 1.06 bits per heavy atom. The molecule has 0 aliphatic rings. The van der Waals surface area contributed by atoms with Gasteiger partial charge < -0.3 is 4.98 Å². The summed E-state index contributed by atoms with van der Waals surface area (Å²) in [5.74, 6) is 0. The molecule has 0 bridgehead atoms. The molecular weight excluding hydrogens is 288 g/mol. The van der Waals surface area contributed by atoms with Gasteiger partial charge in [0.15, 0.2) is 0 Å². The highest BCUT2D eigenvalue weighted by Gasteiger charge is 2.08. The molecule has 0 spiro atoms. The van der Waals surface area contributed by atoms with Crippen LogP contribution in [0.15, 0.2) is 36.5 Å². The van der Waals surface area contributed by atoms with Crippen LogP contribution in [-0.2, 0) is 6.42 Å². The minimum atomic E-state index is 1.04. The summed E-state index contributed by atoms with van der Waals surface area (Å²) in [5.41, 5.74) is 3.58. The lowest BCUT2D eigenvalue weighted by atomic mass is 10.1. The highest BCUT2D eigenvalue weighted by atomic mass is 79.9. The Hall–Kier alpha value is -1.35. The number of halogens is 1. The van der Waals surface area contributed by atoms with E-state index in [1.807, 2.05) is 6.20 Å². The minimum absolute atomic E-state index is 1.04. The van der Waals surface area contributed by atoms with Crippen molar-refractivity contribution in [3.63, 3.8) is 0 Å². The fourth-order valence-corrected chi connectivity index (χ4v) is 2.80. The van der Waals surface area contributed by atoms with E-state index >= 15 is 0 Å². The highest BCUT2D eigenvalue weighted by Crippen LogP contribution is 2.26. The SMILES string of the molecule is BrCCCCc1nccc2c1[nH]c1ccccc12. The molecule has 1 N–H and O–H groups in total. The van der Waals surface area contributed by atoms with E-state index in [0.29, 0.717) is 0 Å². The van der Waals surface area contributed by atoms with Gasteiger partial charge >= 0.3 is 0 Å². The van der Waals surface area contributed by atoms with Crippen LogP contribution < -0.4 is 0 Å². The molecular formula is C15H15BrN2. The van der Waals surface area contributed by atoms with Crippen LogP contribution in [0, 0.1) is 0 Å². The molecule has 1 aromatic carbocycles. The normalized spacial score (nSPS) is 11.4. The van der Waals surface area contributed by atoms with Crippen LogP contribution >= 0.6 is 15.9 Å². The van der Waals surface area contributed by atoms with Gasteiger partial charge in [-0.15, -0.1) is 0 Å². The Labute approximate surface area is 115 Å². The summed E-state index contributed by atoms with van der Waals surface area (Å²) in [7, 11) is 0. The van der Waals surface area contributed by atoms with Gasteiger partial charge in [-0.05, 0) is 31.4 Å². The average molecular weight is 303 g/mol. The minimum Gasteiger partial charge on any atom is -0.353 e. The van der Waals surface area contributed by atoms with Crippen LogP contribution in [0.3, 0.4) is 0 Å². The second-order valence-electron chi connectivity index (χ2n) is 4.50. The quantitative estimate of drug-likeness (QED) is 0.560. The van der Waals surface area contributed by atoms with Crippen LogP contribution in [0.25, 0.3) is 21.8 Å². The molecule has 0 saturated carbocycles. The highest BCUT2D eigenvalue weighted by molar-refractivity contribution is 9.09. The third-order valence-electron chi connectivity index (χ3n) is 3.30. The number of benzene rings is 1. The molecule has 0 saturated heterocycles. The van der Waals surface area contributed by atoms with E-state index < -0.39 is 0 Å². The van der Waals surface area contributed by atoms with Gasteiger partial charge in [-0.25, -0.2) is 0 Å². The van der Waals surface area contributed by atoms with E-state index in [0.717, 1.165) is 11.8 Å². The van der Waals surface area contributed by atoms with Crippen molar-refractivity contribution >= 4 is 37.7 Å². The number of unbranched alkanes of at least 4 members (excludes halogenated alkanes) is 1. The first-order valence-electron chi connectivity index (χ1n) is 6.30. The summed E-state index contributed by atoms with van der Waals surface area (Å²) >= 11 is 3.47. The zero-order valence-electron chi connectivity index (χ0n) is 10.1. The van der Waals surface area contributed by atoms with Gasteiger partial charge in [0, 0.05) is 27.8 Å². The molecule has 2 heterocycles. The van der Waals surface area contributed by atoms with E-state index in [2.05, 4.69) is 56.2 Å². The lowest BCUT2D eigenvalue weighted by Gasteiger charge is -2.01. The molecule has 2 aromatic heterocycles. The summed E-state index contributed by atoms with van der Waals surface area (Å²) in [6.07, 6.45) is 5.33. The number of rotatable bonds is 4. The lowest BCUT2D eigenvalue weighted by Crippen LogP contribution is -1.92. The molecule has 0 aliphatic carbocycles. The summed E-state index contributed by atoms with van der Waals surface area (Å²) in [6, 6.07) is 10.5. The summed E-state index contributed by atoms with van der Waals surface area (Å²) < 4.78 is 0. The van der Waals surface area contributed by atoms with Crippen LogP contribution in [0.5, 0.6) is 0 Å². The third-order valence-corrected chi connectivity index (χ3v) is 3.86. The van der Waals surface area contributed by atoms with Crippen molar-refractivity contribution in [2.24, 2.45) is 0 Å². The van der Waals surface area contributed by atoms with Gasteiger partial charge in [-0.3, -0.25) is 4.98 Å². The van der Waals surface area contributed by atoms with Crippen molar-refractivity contribution in [3.05, 3.63) is 42.2 Å². The molecule has 3 aromatic rings. The van der Waals surface area contributed by atoms with Gasteiger partial charge in [0.2, 0.25) is 0 Å². The van der Waals surface area contributed by atoms with E-state index in [9.17, 15) is 0 Å². The number of nitrogens with one attached hydrogen (secondary N) is 1. The average Bonchev–Trinajstić information content (AvgIpc) is 2.79. The molecule has 3 rings (SSSR count). The number of H-pyrrole nitrogens is 1. The first kappa shape index (κ1) is 11.7. The number of nitrogens with zero attached hydrogens (tertiary/aromatic N) is 1. The number of alkyl halides is 1. The molecule has 92 valence electrons. The summed E-state index contributed by atoms with van der Waals surface area (Å²) in [4.78, 5) is 8.03. The number of para-hydroxylation sites is 1. The number of hydrogen-bond acceptors (Lipinski definition) is 1. The third kappa shape index (κ3) is 2.03. The number of aryl methyl sites for hydroxylation is 1. The molecule has 0 atom stereocenters. The second-order valence-corrected chi connectivity index (χ2v) is 5.29. The lowest BCUT2D eigenvalue weighted by molar-refractivity contribution is 0.791. The largest absolute Gasteiger partial charge is 0.353 e. The Bertz CT molecular complexity index is 672. The van der Waals surface area contributed by atoms with E-state index in [1.165, 1.54) is 40.3 Å². The van der Waals surface area contributed by atoms with Gasteiger partial charge in [0.25, 0.3) is 0 Å². The van der Waals surface area contributed by atoms with Crippen molar-refractivity contribution in [2.75, 3.05) is 5.33 Å². The van der Waals surface area contributed by atoms with Gasteiger partial charge in [0.1, 0.15) is 0 Å². The monoisotopic (exact) mass is 302 g/mol. The maximum Gasteiger partial charge on any atom is 0.0684 e. The van der Waals surface area contributed by atoms with Crippen molar-refractivity contribution < 1.29 is 0 Å². The maximum atomic E-state index is 4.53. The molecule has 0 aliphatic heterocycles. The molecule has 0 fully saturated rings. The Morgan fingerprint density at radius 2 is 1.94 bits per heavy atom. The standard InChI is InChI=1S/C15H15BrN2/c16-9-4-3-7-14-15-12(8-10-17-14)11-5-1-2-6-13(11)18-15/h1-2,5-6,8,10,18H,3-4,7,9H2. The Balaban J connectivity index is 2.09. The van der Waals surface area contributed by atoms with Crippen molar-refractivity contribution in [1.82, 2.24) is 9.97 Å². The predicted octanol–water partition coefficient (Wildman–Crippen LogP) is 4.43. The maximum absolute atomic E-state index is 4.53. The number of hydrogen-bond donors (Lipinski definition) is 1. The summed E-state index contributed by atoms with van der Waals surface area (Å²) in [6.45, 7) is 0.